The Labute approximate surface area is 126 Å². The number of benzene rings is 2. The van der Waals surface area contributed by atoms with E-state index in [2.05, 4.69) is 19.2 Å². The van der Waals surface area contributed by atoms with Crippen LogP contribution >= 0.6 is 0 Å². The van der Waals surface area contributed by atoms with Gasteiger partial charge in [-0.15, -0.1) is 0 Å². The van der Waals surface area contributed by atoms with Crippen molar-refractivity contribution in [3.05, 3.63) is 59.4 Å². The average molecular weight is 287 g/mol. The molecule has 3 heteroatoms. The number of hydrogen-bond donors (Lipinski definition) is 1. The average Bonchev–Trinajstić information content (AvgIpc) is 2.47. The number of rotatable bonds is 6. The molecule has 0 radical (unpaired) electrons. The Morgan fingerprint density at radius 2 is 1.95 bits per heavy atom. The van der Waals surface area contributed by atoms with Crippen LogP contribution in [0.2, 0.25) is 0 Å². The van der Waals surface area contributed by atoms with Gasteiger partial charge in [-0.05, 0) is 42.2 Å². The van der Waals surface area contributed by atoms with Gasteiger partial charge in [0.15, 0.2) is 0 Å². The highest BCUT2D eigenvalue weighted by Crippen LogP contribution is 2.19. The molecule has 1 N–H and O–H groups in total. The van der Waals surface area contributed by atoms with Crippen molar-refractivity contribution < 1.29 is 9.13 Å². The molecule has 2 aromatic rings. The van der Waals surface area contributed by atoms with Crippen molar-refractivity contribution in [3.8, 4) is 5.75 Å². The Balaban J connectivity index is 1.96. The van der Waals surface area contributed by atoms with Crippen LogP contribution < -0.4 is 10.1 Å². The van der Waals surface area contributed by atoms with E-state index in [1.807, 2.05) is 30.3 Å². The third kappa shape index (κ3) is 4.78. The molecule has 0 atom stereocenters. The van der Waals surface area contributed by atoms with Gasteiger partial charge in [0.25, 0.3) is 0 Å². The highest BCUT2D eigenvalue weighted by molar-refractivity contribution is 5.48. The summed E-state index contributed by atoms with van der Waals surface area (Å²) in [5.74, 6) is 1.18. The zero-order valence-corrected chi connectivity index (χ0v) is 12.8. The molecule has 2 nitrogen and oxygen atoms in total. The first-order valence-corrected chi connectivity index (χ1v) is 7.26. The lowest BCUT2D eigenvalue weighted by Gasteiger charge is -2.11. The lowest BCUT2D eigenvalue weighted by atomic mass is 10.1. The third-order valence-corrected chi connectivity index (χ3v) is 3.15. The van der Waals surface area contributed by atoms with Crippen molar-refractivity contribution in [2.75, 3.05) is 11.9 Å². The van der Waals surface area contributed by atoms with E-state index in [9.17, 15) is 4.39 Å². The van der Waals surface area contributed by atoms with Crippen LogP contribution in [0, 0.1) is 18.7 Å². The third-order valence-electron chi connectivity index (χ3n) is 3.15. The van der Waals surface area contributed by atoms with E-state index in [4.69, 9.17) is 4.74 Å². The first-order chi connectivity index (χ1) is 10.0. The fourth-order valence-corrected chi connectivity index (χ4v) is 1.91. The van der Waals surface area contributed by atoms with Crippen LogP contribution in [0.3, 0.4) is 0 Å². The number of aryl methyl sites for hydroxylation is 1. The molecule has 0 heterocycles. The Morgan fingerprint density at radius 1 is 1.14 bits per heavy atom. The molecule has 0 aliphatic rings. The number of anilines is 1. The summed E-state index contributed by atoms with van der Waals surface area (Å²) >= 11 is 0. The fourth-order valence-electron chi connectivity index (χ4n) is 1.91. The number of ether oxygens (including phenoxy) is 1. The second-order valence-corrected chi connectivity index (χ2v) is 5.67. The molecule has 0 fully saturated rings. The van der Waals surface area contributed by atoms with Crippen molar-refractivity contribution in [2.24, 2.45) is 5.92 Å². The topological polar surface area (TPSA) is 21.3 Å². The van der Waals surface area contributed by atoms with Crippen molar-refractivity contribution in [1.29, 1.82) is 0 Å². The molecule has 112 valence electrons. The summed E-state index contributed by atoms with van der Waals surface area (Å²) in [6.07, 6.45) is 0. The second kappa shape index (κ2) is 7.11. The van der Waals surface area contributed by atoms with Gasteiger partial charge in [0.2, 0.25) is 0 Å². The Kier molecular flexibility index (Phi) is 5.20. The molecular weight excluding hydrogens is 265 g/mol. The summed E-state index contributed by atoms with van der Waals surface area (Å²) in [7, 11) is 0. The van der Waals surface area contributed by atoms with E-state index in [-0.39, 0.29) is 5.82 Å². The fraction of sp³-hybridized carbons (Fsp3) is 0.333. The SMILES string of the molecule is Cc1ccc(CNc2cccc(OCC(C)C)c2)cc1F. The van der Waals surface area contributed by atoms with Crippen molar-refractivity contribution >= 4 is 5.69 Å². The molecule has 0 amide bonds. The normalized spacial score (nSPS) is 10.7. The van der Waals surface area contributed by atoms with Gasteiger partial charge in [-0.25, -0.2) is 4.39 Å². The lowest BCUT2D eigenvalue weighted by Crippen LogP contribution is -2.05. The van der Waals surface area contributed by atoms with E-state index in [0.29, 0.717) is 24.6 Å². The minimum atomic E-state index is -0.164. The molecule has 2 aromatic carbocycles. The molecule has 0 bridgehead atoms. The van der Waals surface area contributed by atoms with Crippen LogP contribution in [0.4, 0.5) is 10.1 Å². The van der Waals surface area contributed by atoms with Gasteiger partial charge in [0, 0.05) is 18.3 Å². The van der Waals surface area contributed by atoms with Crippen LogP contribution in [0.25, 0.3) is 0 Å². The Bertz CT molecular complexity index is 596. The summed E-state index contributed by atoms with van der Waals surface area (Å²) in [5, 5.41) is 3.29. The predicted molar refractivity (Wildman–Crippen MR) is 85.2 cm³/mol. The zero-order chi connectivity index (χ0) is 15.2. The van der Waals surface area contributed by atoms with Gasteiger partial charge >= 0.3 is 0 Å². The molecule has 0 spiro atoms. The summed E-state index contributed by atoms with van der Waals surface area (Å²) in [5.41, 5.74) is 2.56. The lowest BCUT2D eigenvalue weighted by molar-refractivity contribution is 0.271. The van der Waals surface area contributed by atoms with E-state index < -0.39 is 0 Å². The monoisotopic (exact) mass is 287 g/mol. The van der Waals surface area contributed by atoms with Gasteiger partial charge in [-0.2, -0.15) is 0 Å². The highest BCUT2D eigenvalue weighted by atomic mass is 19.1. The molecule has 0 aliphatic carbocycles. The van der Waals surface area contributed by atoms with E-state index in [0.717, 1.165) is 17.0 Å². The van der Waals surface area contributed by atoms with Crippen LogP contribution in [-0.2, 0) is 6.54 Å². The molecule has 0 saturated heterocycles. The predicted octanol–water partition coefficient (Wildman–Crippen LogP) is 4.78. The Hall–Kier alpha value is -2.03. The summed E-state index contributed by atoms with van der Waals surface area (Å²) in [4.78, 5) is 0. The molecule has 0 aliphatic heterocycles. The summed E-state index contributed by atoms with van der Waals surface area (Å²) in [6, 6.07) is 13.1. The molecule has 21 heavy (non-hydrogen) atoms. The quantitative estimate of drug-likeness (QED) is 0.825. The maximum Gasteiger partial charge on any atom is 0.126 e. The maximum absolute atomic E-state index is 13.5. The minimum Gasteiger partial charge on any atom is -0.493 e. The largest absolute Gasteiger partial charge is 0.493 e. The van der Waals surface area contributed by atoms with E-state index in [1.54, 1.807) is 19.1 Å². The van der Waals surface area contributed by atoms with Crippen LogP contribution in [0.15, 0.2) is 42.5 Å². The van der Waals surface area contributed by atoms with E-state index in [1.165, 1.54) is 0 Å². The molecule has 2 rings (SSSR count). The van der Waals surface area contributed by atoms with Crippen molar-refractivity contribution in [2.45, 2.75) is 27.3 Å². The van der Waals surface area contributed by atoms with Crippen LogP contribution in [-0.4, -0.2) is 6.61 Å². The van der Waals surface area contributed by atoms with Gasteiger partial charge in [-0.1, -0.05) is 32.0 Å². The van der Waals surface area contributed by atoms with Gasteiger partial charge < -0.3 is 10.1 Å². The molecule has 0 saturated carbocycles. The first kappa shape index (κ1) is 15.4. The molecule has 0 unspecified atom stereocenters. The second-order valence-electron chi connectivity index (χ2n) is 5.67. The molecule has 0 aromatic heterocycles. The van der Waals surface area contributed by atoms with Crippen molar-refractivity contribution in [3.63, 3.8) is 0 Å². The zero-order valence-electron chi connectivity index (χ0n) is 12.8. The minimum absolute atomic E-state index is 0.164. The summed E-state index contributed by atoms with van der Waals surface area (Å²) < 4.78 is 19.2. The molecular formula is C18H22FNO. The van der Waals surface area contributed by atoms with Gasteiger partial charge in [0.05, 0.1) is 6.61 Å². The number of nitrogens with one attached hydrogen (secondary N) is 1. The van der Waals surface area contributed by atoms with E-state index >= 15 is 0 Å². The first-order valence-electron chi connectivity index (χ1n) is 7.26. The standard InChI is InChI=1S/C18H22FNO/c1-13(2)12-21-17-6-4-5-16(10-17)20-11-15-8-7-14(3)18(19)9-15/h4-10,13,20H,11-12H2,1-3H3. The van der Waals surface area contributed by atoms with Crippen LogP contribution in [0.5, 0.6) is 5.75 Å². The summed E-state index contributed by atoms with van der Waals surface area (Å²) in [6.45, 7) is 7.29. The maximum atomic E-state index is 13.5. The van der Waals surface area contributed by atoms with Gasteiger partial charge in [-0.3, -0.25) is 0 Å². The van der Waals surface area contributed by atoms with Crippen molar-refractivity contribution in [1.82, 2.24) is 0 Å². The number of halogens is 1. The van der Waals surface area contributed by atoms with Gasteiger partial charge in [0.1, 0.15) is 11.6 Å². The number of hydrogen-bond acceptors (Lipinski definition) is 2. The smallest absolute Gasteiger partial charge is 0.126 e. The Morgan fingerprint density at radius 3 is 2.67 bits per heavy atom. The highest BCUT2D eigenvalue weighted by Gasteiger charge is 2.01. The van der Waals surface area contributed by atoms with Crippen LogP contribution in [0.1, 0.15) is 25.0 Å².